The molecule has 0 spiro atoms. The van der Waals surface area contributed by atoms with Crippen molar-refractivity contribution in [3.63, 3.8) is 0 Å². The number of fused-ring (bicyclic) bond motifs is 1. The summed E-state index contributed by atoms with van der Waals surface area (Å²) in [4.78, 5) is 19.2. The van der Waals surface area contributed by atoms with E-state index in [4.69, 9.17) is 4.74 Å². The first-order valence-corrected chi connectivity index (χ1v) is 9.01. The zero-order valence-corrected chi connectivity index (χ0v) is 15.2. The molecule has 1 aliphatic rings. The number of amides is 1. The number of para-hydroxylation sites is 1. The second-order valence-electron chi connectivity index (χ2n) is 6.48. The van der Waals surface area contributed by atoms with E-state index in [9.17, 15) is 4.79 Å². The van der Waals surface area contributed by atoms with E-state index >= 15 is 0 Å². The van der Waals surface area contributed by atoms with Crippen molar-refractivity contribution in [2.45, 2.75) is 12.8 Å². The van der Waals surface area contributed by atoms with Crippen LogP contribution in [0.1, 0.15) is 22.3 Å². The molecule has 0 bridgehead atoms. The smallest absolute Gasteiger partial charge is 0.259 e. The van der Waals surface area contributed by atoms with Crippen LogP contribution in [0.5, 0.6) is 5.75 Å². The van der Waals surface area contributed by atoms with Gasteiger partial charge in [0.05, 0.1) is 12.7 Å². The van der Waals surface area contributed by atoms with Gasteiger partial charge >= 0.3 is 0 Å². The summed E-state index contributed by atoms with van der Waals surface area (Å²) in [5.74, 6) is 1.44. The lowest BCUT2D eigenvalue weighted by Crippen LogP contribution is -2.35. The van der Waals surface area contributed by atoms with Gasteiger partial charge in [-0.25, -0.2) is 4.98 Å². The molecular formula is C22H21N3O2. The van der Waals surface area contributed by atoms with Crippen LogP contribution in [0.4, 0.5) is 17.2 Å². The number of aromatic nitrogens is 1. The van der Waals surface area contributed by atoms with E-state index < -0.39 is 0 Å². The van der Waals surface area contributed by atoms with Gasteiger partial charge in [0.25, 0.3) is 5.91 Å². The third-order valence-corrected chi connectivity index (χ3v) is 4.71. The quantitative estimate of drug-likeness (QED) is 0.749. The van der Waals surface area contributed by atoms with Crippen molar-refractivity contribution >= 4 is 23.1 Å². The van der Waals surface area contributed by atoms with Crippen molar-refractivity contribution in [1.82, 2.24) is 4.98 Å². The standard InChI is InChI=1S/C22H21N3O2/c1-27-19-9-4-8-18(14-19)24-21-12-11-17(15-23-21)22(26)25-13-5-7-16-6-2-3-10-20(16)25/h2-4,6,8-12,14-15H,5,7,13H2,1H3,(H,23,24). The molecule has 4 rings (SSSR count). The molecule has 0 fully saturated rings. The molecule has 5 heteroatoms. The molecule has 2 heterocycles. The Morgan fingerprint density at radius 1 is 1.11 bits per heavy atom. The molecule has 2 aromatic carbocycles. The lowest BCUT2D eigenvalue weighted by Gasteiger charge is -2.29. The molecule has 3 aromatic rings. The number of ether oxygens (including phenoxy) is 1. The number of carbonyl (C=O) groups excluding carboxylic acids is 1. The summed E-state index contributed by atoms with van der Waals surface area (Å²) >= 11 is 0. The van der Waals surface area contributed by atoms with Crippen LogP contribution in [-0.2, 0) is 6.42 Å². The maximum atomic E-state index is 13.0. The van der Waals surface area contributed by atoms with Crippen LogP contribution < -0.4 is 15.0 Å². The van der Waals surface area contributed by atoms with Crippen LogP contribution >= 0.6 is 0 Å². The average molecular weight is 359 g/mol. The first kappa shape index (κ1) is 17.1. The number of hydrogen-bond donors (Lipinski definition) is 1. The zero-order valence-electron chi connectivity index (χ0n) is 15.2. The maximum absolute atomic E-state index is 13.0. The minimum atomic E-state index is -0.0115. The van der Waals surface area contributed by atoms with Crippen molar-refractivity contribution in [1.29, 1.82) is 0 Å². The molecule has 0 atom stereocenters. The van der Waals surface area contributed by atoms with Crippen LogP contribution in [0.15, 0.2) is 66.9 Å². The van der Waals surface area contributed by atoms with E-state index in [-0.39, 0.29) is 5.91 Å². The molecule has 27 heavy (non-hydrogen) atoms. The molecule has 1 aliphatic heterocycles. The number of nitrogens with one attached hydrogen (secondary N) is 1. The molecule has 0 aliphatic carbocycles. The molecule has 1 amide bonds. The fraction of sp³-hybridized carbons (Fsp3) is 0.182. The fourth-order valence-corrected chi connectivity index (χ4v) is 3.34. The Hall–Kier alpha value is -3.34. The Kier molecular flexibility index (Phi) is 4.75. The lowest BCUT2D eigenvalue weighted by atomic mass is 10.0. The predicted octanol–water partition coefficient (Wildman–Crippen LogP) is 4.43. The maximum Gasteiger partial charge on any atom is 0.259 e. The number of anilines is 3. The Bertz CT molecular complexity index is 954. The first-order valence-electron chi connectivity index (χ1n) is 9.01. The van der Waals surface area contributed by atoms with E-state index in [0.717, 1.165) is 36.5 Å². The van der Waals surface area contributed by atoms with Crippen molar-refractivity contribution in [2.24, 2.45) is 0 Å². The Balaban J connectivity index is 1.51. The third kappa shape index (κ3) is 3.62. The van der Waals surface area contributed by atoms with Gasteiger partial charge in [-0.2, -0.15) is 0 Å². The highest BCUT2D eigenvalue weighted by Gasteiger charge is 2.23. The first-order chi connectivity index (χ1) is 13.2. The van der Waals surface area contributed by atoms with Gasteiger partial charge in [-0.3, -0.25) is 4.79 Å². The van der Waals surface area contributed by atoms with E-state index in [1.54, 1.807) is 13.3 Å². The van der Waals surface area contributed by atoms with Gasteiger partial charge in [-0.05, 0) is 48.7 Å². The van der Waals surface area contributed by atoms with Crippen molar-refractivity contribution in [3.8, 4) is 5.75 Å². The molecule has 0 radical (unpaired) electrons. The van der Waals surface area contributed by atoms with Crippen molar-refractivity contribution < 1.29 is 9.53 Å². The number of pyridine rings is 1. The van der Waals surface area contributed by atoms with E-state index in [1.807, 2.05) is 59.5 Å². The molecule has 0 saturated heterocycles. The second kappa shape index (κ2) is 7.50. The van der Waals surface area contributed by atoms with Crippen LogP contribution in [0.2, 0.25) is 0 Å². The summed E-state index contributed by atoms with van der Waals surface area (Å²) in [5, 5.41) is 3.22. The molecule has 136 valence electrons. The summed E-state index contributed by atoms with van der Waals surface area (Å²) in [6.07, 6.45) is 3.62. The molecule has 1 aromatic heterocycles. The highest BCUT2D eigenvalue weighted by atomic mass is 16.5. The third-order valence-electron chi connectivity index (χ3n) is 4.71. The molecule has 0 saturated carbocycles. The number of aryl methyl sites for hydroxylation is 1. The van der Waals surface area contributed by atoms with Gasteiger partial charge in [0.15, 0.2) is 0 Å². The number of methoxy groups -OCH3 is 1. The zero-order chi connectivity index (χ0) is 18.6. The monoisotopic (exact) mass is 359 g/mol. The normalized spacial score (nSPS) is 13.0. The van der Waals surface area contributed by atoms with Crippen LogP contribution in [0, 0.1) is 0 Å². The second-order valence-corrected chi connectivity index (χ2v) is 6.48. The largest absolute Gasteiger partial charge is 0.497 e. The average Bonchev–Trinajstić information content (AvgIpc) is 2.73. The number of carbonyl (C=O) groups is 1. The topological polar surface area (TPSA) is 54.5 Å². The van der Waals surface area contributed by atoms with Crippen LogP contribution in [-0.4, -0.2) is 24.5 Å². The van der Waals surface area contributed by atoms with Crippen molar-refractivity contribution in [3.05, 3.63) is 78.0 Å². The minimum absolute atomic E-state index is 0.0115. The molecular weight excluding hydrogens is 338 g/mol. The van der Waals surface area contributed by atoms with Gasteiger partial charge in [-0.1, -0.05) is 24.3 Å². The van der Waals surface area contributed by atoms with Crippen LogP contribution in [0.3, 0.4) is 0 Å². The van der Waals surface area contributed by atoms with E-state index in [1.165, 1.54) is 5.56 Å². The summed E-state index contributed by atoms with van der Waals surface area (Å²) in [5.41, 5.74) is 3.70. The van der Waals surface area contributed by atoms with E-state index in [0.29, 0.717) is 11.4 Å². The highest BCUT2D eigenvalue weighted by molar-refractivity contribution is 6.06. The summed E-state index contributed by atoms with van der Waals surface area (Å²) in [6, 6.07) is 19.4. The fourth-order valence-electron chi connectivity index (χ4n) is 3.34. The SMILES string of the molecule is COc1cccc(Nc2ccc(C(=O)N3CCCc4ccccc43)cn2)c1. The van der Waals surface area contributed by atoms with Gasteiger partial charge in [-0.15, -0.1) is 0 Å². The number of hydrogen-bond acceptors (Lipinski definition) is 4. The van der Waals surface area contributed by atoms with Gasteiger partial charge in [0.1, 0.15) is 11.6 Å². The number of rotatable bonds is 4. The van der Waals surface area contributed by atoms with Crippen LogP contribution in [0.25, 0.3) is 0 Å². The summed E-state index contributed by atoms with van der Waals surface area (Å²) in [7, 11) is 1.64. The highest BCUT2D eigenvalue weighted by Crippen LogP contribution is 2.28. The molecule has 5 nitrogen and oxygen atoms in total. The predicted molar refractivity (Wildman–Crippen MR) is 107 cm³/mol. The Labute approximate surface area is 158 Å². The summed E-state index contributed by atoms with van der Waals surface area (Å²) < 4.78 is 5.23. The Morgan fingerprint density at radius 2 is 2.00 bits per heavy atom. The molecule has 1 N–H and O–H groups in total. The number of nitrogens with zero attached hydrogens (tertiary/aromatic N) is 2. The minimum Gasteiger partial charge on any atom is -0.497 e. The van der Waals surface area contributed by atoms with E-state index in [2.05, 4.69) is 16.4 Å². The van der Waals surface area contributed by atoms with Gasteiger partial charge in [0, 0.05) is 30.2 Å². The van der Waals surface area contributed by atoms with Gasteiger partial charge in [0.2, 0.25) is 0 Å². The number of benzene rings is 2. The lowest BCUT2D eigenvalue weighted by molar-refractivity contribution is 0.0985. The Morgan fingerprint density at radius 3 is 2.81 bits per heavy atom. The van der Waals surface area contributed by atoms with Crippen molar-refractivity contribution in [2.75, 3.05) is 23.9 Å². The summed E-state index contributed by atoms with van der Waals surface area (Å²) in [6.45, 7) is 0.736. The van der Waals surface area contributed by atoms with Gasteiger partial charge < -0.3 is 15.0 Å². The molecule has 0 unspecified atom stereocenters.